The molecule has 0 atom stereocenters. The third-order valence-electron chi connectivity index (χ3n) is 3.72. The molecule has 0 aliphatic rings. The maximum Gasteiger partial charge on any atom is 0.343 e. The van der Waals surface area contributed by atoms with Gasteiger partial charge < -0.3 is 15.3 Å². The van der Waals surface area contributed by atoms with Gasteiger partial charge in [-0.1, -0.05) is 24.9 Å². The maximum atomic E-state index is 12.6. The predicted molar refractivity (Wildman–Crippen MR) is 90.2 cm³/mol. The molecular weight excluding hydrogens is 332 g/mol. The standard InChI is InChI=1S/C18H17ClO5/c1-2-3-4-11-9-13(17(22)14(16(11)21)18(23)24)15(20)10-5-7-12(19)8-6-10/h5-9,21-22H,2-4H2,1H3,(H,23,24). The summed E-state index contributed by atoms with van der Waals surface area (Å²) in [7, 11) is 0. The summed E-state index contributed by atoms with van der Waals surface area (Å²) in [5.74, 6) is -3.26. The van der Waals surface area contributed by atoms with Crippen LogP contribution in [0.2, 0.25) is 5.02 Å². The zero-order valence-corrected chi connectivity index (χ0v) is 13.8. The first-order valence-corrected chi connectivity index (χ1v) is 7.86. The highest BCUT2D eigenvalue weighted by molar-refractivity contribution is 6.30. The Hall–Kier alpha value is -2.53. The van der Waals surface area contributed by atoms with Gasteiger partial charge in [-0.15, -0.1) is 0 Å². The molecule has 5 nitrogen and oxygen atoms in total. The number of aromatic hydroxyl groups is 2. The van der Waals surface area contributed by atoms with Crippen molar-refractivity contribution in [2.75, 3.05) is 0 Å². The van der Waals surface area contributed by atoms with Gasteiger partial charge in [0.25, 0.3) is 0 Å². The van der Waals surface area contributed by atoms with Crippen LogP contribution in [0.15, 0.2) is 30.3 Å². The van der Waals surface area contributed by atoms with Crippen LogP contribution in [0.25, 0.3) is 0 Å². The third kappa shape index (κ3) is 3.51. The van der Waals surface area contributed by atoms with Gasteiger partial charge in [-0.3, -0.25) is 4.79 Å². The van der Waals surface area contributed by atoms with Crippen molar-refractivity contribution < 1.29 is 24.9 Å². The van der Waals surface area contributed by atoms with Crippen LogP contribution >= 0.6 is 11.6 Å². The van der Waals surface area contributed by atoms with E-state index >= 15 is 0 Å². The van der Waals surface area contributed by atoms with Crippen molar-refractivity contribution in [3.63, 3.8) is 0 Å². The van der Waals surface area contributed by atoms with E-state index in [1.165, 1.54) is 30.3 Å². The van der Waals surface area contributed by atoms with Crippen molar-refractivity contribution >= 4 is 23.4 Å². The lowest BCUT2D eigenvalue weighted by molar-refractivity contribution is 0.0690. The molecule has 0 unspecified atom stereocenters. The molecule has 0 radical (unpaired) electrons. The minimum absolute atomic E-state index is 0.154. The highest BCUT2D eigenvalue weighted by Crippen LogP contribution is 2.36. The average molecular weight is 349 g/mol. The van der Waals surface area contributed by atoms with Gasteiger partial charge in [0.2, 0.25) is 0 Å². The molecule has 0 heterocycles. The van der Waals surface area contributed by atoms with E-state index in [1.54, 1.807) is 0 Å². The number of aryl methyl sites for hydroxylation is 1. The Morgan fingerprint density at radius 3 is 2.25 bits per heavy atom. The number of ketones is 1. The number of rotatable bonds is 6. The van der Waals surface area contributed by atoms with Crippen LogP contribution in [-0.4, -0.2) is 27.1 Å². The molecule has 0 aromatic heterocycles. The molecule has 24 heavy (non-hydrogen) atoms. The van der Waals surface area contributed by atoms with Crippen LogP contribution < -0.4 is 0 Å². The largest absolute Gasteiger partial charge is 0.507 e. The lowest BCUT2D eigenvalue weighted by atomic mass is 9.94. The second-order valence-electron chi connectivity index (χ2n) is 5.40. The summed E-state index contributed by atoms with van der Waals surface area (Å²) in [4.78, 5) is 24.0. The van der Waals surface area contributed by atoms with Crippen LogP contribution in [0.5, 0.6) is 11.5 Å². The summed E-state index contributed by atoms with van der Waals surface area (Å²) in [6.07, 6.45) is 1.96. The van der Waals surface area contributed by atoms with E-state index in [-0.39, 0.29) is 11.1 Å². The van der Waals surface area contributed by atoms with Gasteiger partial charge >= 0.3 is 5.97 Å². The molecular formula is C18H17ClO5. The number of carboxylic acid groups (broad SMARTS) is 1. The zero-order chi connectivity index (χ0) is 17.9. The topological polar surface area (TPSA) is 94.8 Å². The second kappa shape index (κ2) is 7.36. The van der Waals surface area contributed by atoms with E-state index in [0.29, 0.717) is 23.4 Å². The number of halogens is 1. The highest BCUT2D eigenvalue weighted by Gasteiger charge is 2.26. The Balaban J connectivity index is 2.59. The number of unbranched alkanes of at least 4 members (excludes halogenated alkanes) is 1. The fraction of sp³-hybridized carbons (Fsp3) is 0.222. The van der Waals surface area contributed by atoms with Crippen LogP contribution in [0, 0.1) is 0 Å². The lowest BCUT2D eigenvalue weighted by Crippen LogP contribution is -2.08. The number of carbonyl (C=O) groups excluding carboxylic acids is 1. The molecule has 0 amide bonds. The Kier molecular flexibility index (Phi) is 5.46. The Morgan fingerprint density at radius 1 is 1.08 bits per heavy atom. The minimum atomic E-state index is -1.49. The van der Waals surface area contributed by atoms with E-state index in [9.17, 15) is 24.9 Å². The lowest BCUT2D eigenvalue weighted by Gasteiger charge is -2.13. The number of carbonyl (C=O) groups is 2. The Bertz CT molecular complexity index is 781. The molecule has 0 fully saturated rings. The van der Waals surface area contributed by atoms with Crippen molar-refractivity contribution in [3.8, 4) is 11.5 Å². The molecule has 0 aliphatic heterocycles. The summed E-state index contributed by atoms with van der Waals surface area (Å²) >= 11 is 5.79. The van der Waals surface area contributed by atoms with E-state index in [1.807, 2.05) is 6.92 Å². The monoisotopic (exact) mass is 348 g/mol. The van der Waals surface area contributed by atoms with Crippen LogP contribution in [0.3, 0.4) is 0 Å². The van der Waals surface area contributed by atoms with Crippen molar-refractivity contribution in [2.45, 2.75) is 26.2 Å². The summed E-state index contributed by atoms with van der Waals surface area (Å²) in [6, 6.07) is 7.39. The minimum Gasteiger partial charge on any atom is -0.507 e. The first-order chi connectivity index (χ1) is 11.4. The fourth-order valence-corrected chi connectivity index (χ4v) is 2.53. The molecule has 126 valence electrons. The van der Waals surface area contributed by atoms with Gasteiger partial charge in [-0.2, -0.15) is 0 Å². The number of hydrogen-bond donors (Lipinski definition) is 3. The average Bonchev–Trinajstić information content (AvgIpc) is 2.54. The molecule has 0 spiro atoms. The van der Waals surface area contributed by atoms with Crippen molar-refractivity contribution in [3.05, 3.63) is 57.6 Å². The first-order valence-electron chi connectivity index (χ1n) is 7.48. The Labute approximate surface area is 144 Å². The third-order valence-corrected chi connectivity index (χ3v) is 3.97. The maximum absolute atomic E-state index is 12.6. The fourth-order valence-electron chi connectivity index (χ4n) is 2.41. The van der Waals surface area contributed by atoms with E-state index in [2.05, 4.69) is 0 Å². The smallest absolute Gasteiger partial charge is 0.343 e. The van der Waals surface area contributed by atoms with E-state index < -0.39 is 28.8 Å². The first kappa shape index (κ1) is 17.8. The Morgan fingerprint density at radius 2 is 1.71 bits per heavy atom. The molecule has 2 aromatic rings. The summed E-state index contributed by atoms with van der Waals surface area (Å²) in [5, 5.41) is 30.0. The van der Waals surface area contributed by atoms with Crippen molar-refractivity contribution in [1.29, 1.82) is 0 Å². The summed E-state index contributed by atoms with van der Waals surface area (Å²) < 4.78 is 0. The quantitative estimate of drug-likeness (QED) is 0.685. The predicted octanol–water partition coefficient (Wildman–Crippen LogP) is 4.02. The van der Waals surface area contributed by atoms with Crippen LogP contribution in [0.4, 0.5) is 0 Å². The van der Waals surface area contributed by atoms with E-state index in [4.69, 9.17) is 11.6 Å². The molecule has 3 N–H and O–H groups in total. The number of carboxylic acids is 1. The SMILES string of the molecule is CCCCc1cc(C(=O)c2ccc(Cl)cc2)c(O)c(C(=O)O)c1O. The number of phenols is 2. The van der Waals surface area contributed by atoms with Gasteiger partial charge in [0, 0.05) is 10.6 Å². The number of aromatic carboxylic acids is 1. The van der Waals surface area contributed by atoms with Gasteiger partial charge in [0.15, 0.2) is 5.78 Å². The molecule has 2 aromatic carbocycles. The van der Waals surface area contributed by atoms with Crippen LogP contribution in [0.1, 0.15) is 51.6 Å². The highest BCUT2D eigenvalue weighted by atomic mass is 35.5. The van der Waals surface area contributed by atoms with E-state index in [0.717, 1.165) is 6.42 Å². The summed E-state index contributed by atoms with van der Waals surface area (Å²) in [5.41, 5.74) is -0.220. The molecule has 2 rings (SSSR count). The molecule has 0 aliphatic carbocycles. The summed E-state index contributed by atoms with van der Waals surface area (Å²) in [6.45, 7) is 1.95. The normalized spacial score (nSPS) is 10.6. The molecule has 0 bridgehead atoms. The van der Waals surface area contributed by atoms with Crippen LogP contribution in [-0.2, 0) is 6.42 Å². The molecule has 6 heteroatoms. The van der Waals surface area contributed by atoms with Gasteiger partial charge in [0.1, 0.15) is 17.1 Å². The number of hydrogen-bond acceptors (Lipinski definition) is 4. The molecule has 0 saturated heterocycles. The van der Waals surface area contributed by atoms with Gasteiger partial charge in [-0.25, -0.2) is 4.79 Å². The number of benzene rings is 2. The van der Waals surface area contributed by atoms with Gasteiger partial charge in [0.05, 0.1) is 5.56 Å². The zero-order valence-electron chi connectivity index (χ0n) is 13.0. The van der Waals surface area contributed by atoms with Gasteiger partial charge in [-0.05, 0) is 48.7 Å². The van der Waals surface area contributed by atoms with Crippen molar-refractivity contribution in [2.24, 2.45) is 0 Å². The molecule has 0 saturated carbocycles. The van der Waals surface area contributed by atoms with Crippen molar-refractivity contribution in [1.82, 2.24) is 0 Å². The second-order valence-corrected chi connectivity index (χ2v) is 5.84.